The van der Waals surface area contributed by atoms with Crippen molar-refractivity contribution >= 4 is 147 Å². The van der Waals surface area contributed by atoms with Crippen LogP contribution in [0.4, 0.5) is 17.1 Å². The highest BCUT2D eigenvalue weighted by Crippen LogP contribution is 2.39. The number of nitrogen functional groups attached to an aromatic ring is 2. The van der Waals surface area contributed by atoms with Gasteiger partial charge in [-0.1, -0.05) is 151 Å². The molecular formula is C80H74BCl9N26O8Si. The molecule has 0 saturated carbocycles. The molecular weight excluding hydrogens is 1810 g/mol. The Balaban J connectivity index is 0.000000154. The number of anilines is 2. The van der Waals surface area contributed by atoms with E-state index in [0.717, 1.165) is 38.8 Å². The predicted molar refractivity (Wildman–Crippen MR) is 488 cm³/mol. The van der Waals surface area contributed by atoms with Gasteiger partial charge in [0, 0.05) is 128 Å². The fraction of sp³-hybridized carbons (Fsp3) is 0.175. The van der Waals surface area contributed by atoms with Gasteiger partial charge < -0.3 is 49.4 Å². The third-order valence-electron chi connectivity index (χ3n) is 17.8. The molecule has 1 aliphatic rings. The topological polar surface area (TPSA) is 432 Å². The summed E-state index contributed by atoms with van der Waals surface area (Å²) >= 11 is 53.2. The lowest BCUT2D eigenvalue weighted by atomic mass is 9.78. The number of nitrogens with zero attached hydrogens (tertiary/aromatic N) is 23. The molecule has 1 fully saturated rings. The number of aromatic nitrogens is 21. The molecule has 0 bridgehead atoms. The third-order valence-corrected chi connectivity index (χ3v) is 21.5. The Hall–Kier alpha value is -12.3. The van der Waals surface area contributed by atoms with Gasteiger partial charge in [-0.3, -0.25) is 4.79 Å². The number of methoxy groups -OCH3 is 5. The minimum Gasteiger partial charge on any atom is -0.481 e. The summed E-state index contributed by atoms with van der Waals surface area (Å²) in [6.07, 6.45) is 13.5. The predicted octanol–water partition coefficient (Wildman–Crippen LogP) is 17.8. The van der Waals surface area contributed by atoms with Gasteiger partial charge in [-0.15, -0.1) is 15.3 Å². The van der Waals surface area contributed by atoms with E-state index >= 15 is 0 Å². The van der Waals surface area contributed by atoms with Crippen molar-refractivity contribution in [2.75, 3.05) is 47.0 Å². The molecule has 1 aliphatic heterocycles. The van der Waals surface area contributed by atoms with Gasteiger partial charge in [-0.25, -0.2) is 68.9 Å². The first kappa shape index (κ1) is 95.0. The monoisotopic (exact) mass is 1880 g/mol. The normalized spacial score (nSPS) is 12.0. The molecule has 0 amide bonds. The molecule has 45 heteroatoms. The molecule has 0 unspecified atom stereocenters. The molecule has 0 spiro atoms. The van der Waals surface area contributed by atoms with Crippen LogP contribution in [-0.4, -0.2) is 167 Å². The van der Waals surface area contributed by atoms with Crippen molar-refractivity contribution in [2.45, 2.75) is 58.5 Å². The van der Waals surface area contributed by atoms with Crippen LogP contribution in [0.5, 0.6) is 29.4 Å². The first-order valence-corrected chi connectivity index (χ1v) is 43.4. The molecule has 34 nitrogen and oxygen atoms in total. The fourth-order valence-electron chi connectivity index (χ4n) is 10.8. The van der Waals surface area contributed by atoms with Crippen molar-refractivity contribution < 1.29 is 33.0 Å². The Morgan fingerprint density at radius 2 is 0.768 bits per heavy atom. The molecule has 15 aromatic rings. The molecule has 16 rings (SSSR count). The number of aromatic amines is 1. The van der Waals surface area contributed by atoms with E-state index in [1.165, 1.54) is 62.9 Å². The van der Waals surface area contributed by atoms with Crippen LogP contribution >= 0.6 is 104 Å². The van der Waals surface area contributed by atoms with Crippen molar-refractivity contribution in [3.8, 4) is 103 Å². The number of H-pyrrole nitrogens is 1. The third kappa shape index (κ3) is 26.2. The summed E-state index contributed by atoms with van der Waals surface area (Å²) in [7, 11) is 5.71. The van der Waals surface area contributed by atoms with E-state index in [9.17, 15) is 4.79 Å². The van der Waals surface area contributed by atoms with Crippen LogP contribution < -0.4 is 51.5 Å². The summed E-state index contributed by atoms with van der Waals surface area (Å²) < 4.78 is 41.8. The average molecular weight is 1890 g/mol. The van der Waals surface area contributed by atoms with Crippen LogP contribution in [0.3, 0.4) is 0 Å². The molecule has 10 heterocycles. The number of benzene rings is 6. The van der Waals surface area contributed by atoms with Crippen LogP contribution in [0, 0.1) is 0 Å². The van der Waals surface area contributed by atoms with E-state index in [-0.39, 0.29) is 21.9 Å². The second-order valence-corrected chi connectivity index (χ2v) is 36.5. The highest BCUT2D eigenvalue weighted by molar-refractivity contribution is 6.88. The molecule has 642 valence electrons. The number of rotatable bonds is 16. The van der Waals surface area contributed by atoms with E-state index < -0.39 is 15.2 Å². The fourth-order valence-corrected chi connectivity index (χ4v) is 13.1. The number of azide groups is 1. The summed E-state index contributed by atoms with van der Waals surface area (Å²) in [4.78, 5) is 60.9. The lowest BCUT2D eigenvalue weighted by Gasteiger charge is -2.32. The zero-order chi connectivity index (χ0) is 90.3. The first-order valence-electron chi connectivity index (χ1n) is 36.5. The summed E-state index contributed by atoms with van der Waals surface area (Å²) in [5.74, 6) is 2.35. The number of hydrogen-bond acceptors (Lipinski definition) is 28. The zero-order valence-corrected chi connectivity index (χ0v) is 76.0. The highest BCUT2D eigenvalue weighted by Gasteiger charge is 2.52. The molecule has 5 N–H and O–H groups in total. The molecule has 1 saturated heterocycles. The Morgan fingerprint density at radius 1 is 0.416 bits per heavy atom. The van der Waals surface area contributed by atoms with E-state index in [4.69, 9.17) is 154 Å². The quantitative estimate of drug-likeness (QED) is 0.0202. The highest BCUT2D eigenvalue weighted by atomic mass is 35.5. The van der Waals surface area contributed by atoms with Gasteiger partial charge in [-0.2, -0.15) is 0 Å². The lowest BCUT2D eigenvalue weighted by molar-refractivity contribution is 0.00578. The summed E-state index contributed by atoms with van der Waals surface area (Å²) in [5, 5.41) is 33.1. The van der Waals surface area contributed by atoms with Gasteiger partial charge in [0.2, 0.25) is 29.4 Å². The van der Waals surface area contributed by atoms with Gasteiger partial charge in [-0.05, 0) is 136 Å². The maximum Gasteiger partial charge on any atom is 0.497 e. The number of hydrogen-bond donors (Lipinski definition) is 3. The van der Waals surface area contributed by atoms with Crippen LogP contribution in [0.15, 0.2) is 212 Å². The number of nitrogens with one attached hydrogen (secondary N) is 1. The summed E-state index contributed by atoms with van der Waals surface area (Å²) in [6, 6.07) is 41.4. The van der Waals surface area contributed by atoms with Crippen molar-refractivity contribution in [3.05, 3.63) is 269 Å². The van der Waals surface area contributed by atoms with Gasteiger partial charge in [0.1, 0.15) is 44.9 Å². The standard InChI is InChI=1S/C16H18ClN5OSi.C13H9Cl2N5O.C12H17BClNO2.C12H7Cl2N5O.C11H8ClN5O.C11H10ClN3O.C5H5ClN2O/c1-23-15-8-13(18-10-19-15)12-7-11(17)5-6-14(12)22-9-16(20-21-22)24(2,3)4;1-21-13-5-10(16-7-17-13)9-4-8(14)2-3-11(9)20-6-12(15)18-19-20;1-11(2)12(3,4)17-13(16-11)9-7-8(14)5-6-10(9)15;13-7-1-2-10(19-5-11(14)17-18-19)8(3-7)9-4-12(20)16-6-15-9;1-18-11-5-10(14-6-15-11)8-4-7(12)2-3-9(8)16-17-13;1-16-11-5-10(14-6-15-11)8-4-7(12)2-3-9(8)13;1-9-5-2-4(6)7-3-8-5/h5-10H,1-4H3;2-7H,1H3;5-7H,15H2,1-4H3;1-6H,(H,15,16,20);2-6H,1H3;2-6H,13H2,1H3;2-3H,1H3. The van der Waals surface area contributed by atoms with Gasteiger partial charge in [0.25, 0.3) is 5.56 Å². The Labute approximate surface area is 761 Å². The second-order valence-electron chi connectivity index (χ2n) is 27.7. The number of nitrogens with two attached hydrogens (primary N) is 2. The van der Waals surface area contributed by atoms with Gasteiger partial charge in [0.05, 0.1) is 116 Å². The summed E-state index contributed by atoms with van der Waals surface area (Å²) in [6.45, 7) is 14.7. The maximum atomic E-state index is 11.4. The van der Waals surface area contributed by atoms with E-state index in [2.05, 4.69) is 120 Å². The minimum atomic E-state index is -1.53. The van der Waals surface area contributed by atoms with Gasteiger partial charge >= 0.3 is 7.12 Å². The van der Waals surface area contributed by atoms with Crippen molar-refractivity contribution in [2.24, 2.45) is 5.11 Å². The lowest BCUT2D eigenvalue weighted by Crippen LogP contribution is -2.41. The molecule has 9 aromatic heterocycles. The van der Waals surface area contributed by atoms with E-state index in [0.29, 0.717) is 132 Å². The Bertz CT molecular complexity index is 6330. The van der Waals surface area contributed by atoms with Crippen molar-refractivity contribution in [1.82, 2.24) is 105 Å². The van der Waals surface area contributed by atoms with Crippen LogP contribution in [0.2, 0.25) is 65.2 Å². The number of ether oxygens (including phenoxy) is 5. The zero-order valence-electron chi connectivity index (χ0n) is 68.2. The van der Waals surface area contributed by atoms with Crippen LogP contribution in [-0.2, 0) is 9.31 Å². The molecule has 0 atom stereocenters. The van der Waals surface area contributed by atoms with Crippen molar-refractivity contribution in [3.63, 3.8) is 0 Å². The maximum absolute atomic E-state index is 11.4. The molecule has 0 aliphatic carbocycles. The molecule has 6 aromatic carbocycles. The smallest absolute Gasteiger partial charge is 0.481 e. The molecule has 0 radical (unpaired) electrons. The van der Waals surface area contributed by atoms with Gasteiger partial charge in [0.15, 0.2) is 10.3 Å². The SMILES string of the molecule is CC1(C)OB(c2cc(Cl)ccc2N)OC1(C)C.COc1cc(-c2cc(Cl)ccc2-n2cc(Cl)nn2)ncn1.COc1cc(-c2cc(Cl)ccc2-n2cc([Si](C)(C)C)nn2)ncn1.COc1cc(-c2cc(Cl)ccc2N)ncn1.COc1cc(-c2cc(Cl)ccc2N=[N+]=[N-])ncn1.COc1cc(Cl)ncn1.O=c1cc(-c2cc(Cl)ccc2-n2cc(Cl)nn2)nc[nH]1. The number of halogens is 9. The Morgan fingerprint density at radius 3 is 1.15 bits per heavy atom. The second kappa shape index (κ2) is 43.9. The molecule has 125 heavy (non-hydrogen) atoms. The largest absolute Gasteiger partial charge is 0.497 e. The summed E-state index contributed by atoms with van der Waals surface area (Å²) in [5.41, 5.74) is 30.9. The average Bonchev–Trinajstić information content (AvgIpc) is 1.60. The minimum absolute atomic E-state index is 0.252. The van der Waals surface area contributed by atoms with Crippen LogP contribution in [0.1, 0.15) is 27.7 Å². The van der Waals surface area contributed by atoms with E-state index in [1.54, 1.807) is 158 Å². The Kier molecular flexibility index (Phi) is 33.3. The van der Waals surface area contributed by atoms with E-state index in [1.807, 2.05) is 58.2 Å². The van der Waals surface area contributed by atoms with Crippen LogP contribution in [0.25, 0.3) is 83.8 Å². The first-order chi connectivity index (χ1) is 59.7. The van der Waals surface area contributed by atoms with Crippen molar-refractivity contribution in [1.29, 1.82) is 0 Å².